The van der Waals surface area contributed by atoms with Gasteiger partial charge in [-0.3, -0.25) is 0 Å². The minimum atomic E-state index is 0.734. The summed E-state index contributed by atoms with van der Waals surface area (Å²) in [5.74, 6) is 1.81. The van der Waals surface area contributed by atoms with Crippen LogP contribution in [0.4, 0.5) is 5.82 Å². The average molecular weight is 263 g/mol. The van der Waals surface area contributed by atoms with Crippen LogP contribution in [0.5, 0.6) is 0 Å². The highest BCUT2D eigenvalue weighted by atomic mass is 16.5. The normalized spacial score (nSPS) is 16.6. The first-order chi connectivity index (χ1) is 9.20. The third-order valence-corrected chi connectivity index (χ3v) is 3.81. The maximum atomic E-state index is 5.41. The van der Waals surface area contributed by atoms with E-state index < -0.39 is 0 Å². The monoisotopic (exact) mass is 263 g/mol. The van der Waals surface area contributed by atoms with Gasteiger partial charge in [0, 0.05) is 39.0 Å². The van der Waals surface area contributed by atoms with E-state index in [1.807, 2.05) is 7.05 Å². The van der Waals surface area contributed by atoms with Gasteiger partial charge in [-0.1, -0.05) is 6.07 Å². The summed E-state index contributed by atoms with van der Waals surface area (Å²) >= 11 is 0. The van der Waals surface area contributed by atoms with Crippen molar-refractivity contribution in [3.63, 3.8) is 0 Å². The Labute approximate surface area is 116 Å². The van der Waals surface area contributed by atoms with Gasteiger partial charge < -0.3 is 15.0 Å². The highest BCUT2D eigenvalue weighted by Crippen LogP contribution is 2.19. The van der Waals surface area contributed by atoms with E-state index in [1.54, 1.807) is 0 Å². The number of ether oxygens (including phenoxy) is 1. The second-order valence-corrected chi connectivity index (χ2v) is 5.38. The topological polar surface area (TPSA) is 37.4 Å². The van der Waals surface area contributed by atoms with E-state index >= 15 is 0 Å². The second kappa shape index (κ2) is 6.87. The van der Waals surface area contributed by atoms with Crippen molar-refractivity contribution in [2.75, 3.05) is 38.8 Å². The SMILES string of the molecule is CNCc1ccc(N(C)CC2CCOCC2)nc1C. The Hall–Kier alpha value is -1.13. The van der Waals surface area contributed by atoms with Gasteiger partial charge in [-0.15, -0.1) is 0 Å². The van der Waals surface area contributed by atoms with Crippen molar-refractivity contribution in [1.29, 1.82) is 0 Å². The number of aryl methyl sites for hydroxylation is 1. The Morgan fingerprint density at radius 1 is 1.37 bits per heavy atom. The largest absolute Gasteiger partial charge is 0.381 e. The number of hydrogen-bond acceptors (Lipinski definition) is 4. The Kier molecular flexibility index (Phi) is 5.16. The van der Waals surface area contributed by atoms with Gasteiger partial charge >= 0.3 is 0 Å². The van der Waals surface area contributed by atoms with Gasteiger partial charge in [-0.2, -0.15) is 0 Å². The van der Waals surface area contributed by atoms with E-state index in [1.165, 1.54) is 18.4 Å². The van der Waals surface area contributed by atoms with E-state index in [0.717, 1.165) is 43.7 Å². The molecular weight excluding hydrogens is 238 g/mol. The number of aromatic nitrogens is 1. The van der Waals surface area contributed by atoms with E-state index in [9.17, 15) is 0 Å². The van der Waals surface area contributed by atoms with E-state index in [2.05, 4.69) is 36.3 Å². The summed E-state index contributed by atoms with van der Waals surface area (Å²) in [6.07, 6.45) is 2.34. The molecule has 0 saturated carbocycles. The predicted octanol–water partition coefficient (Wildman–Crippen LogP) is 1.97. The van der Waals surface area contributed by atoms with Gasteiger partial charge in [0.15, 0.2) is 0 Å². The summed E-state index contributed by atoms with van der Waals surface area (Å²) in [6, 6.07) is 4.30. The summed E-state index contributed by atoms with van der Waals surface area (Å²) in [5.41, 5.74) is 2.39. The zero-order valence-corrected chi connectivity index (χ0v) is 12.3. The molecule has 1 aromatic heterocycles. The highest BCUT2D eigenvalue weighted by molar-refractivity contribution is 5.40. The highest BCUT2D eigenvalue weighted by Gasteiger charge is 2.16. The molecule has 0 bridgehead atoms. The van der Waals surface area contributed by atoms with Gasteiger partial charge in [0.1, 0.15) is 5.82 Å². The van der Waals surface area contributed by atoms with E-state index in [0.29, 0.717) is 0 Å². The standard InChI is InChI=1S/C15H25N3O/c1-12-14(10-16-2)4-5-15(17-12)18(3)11-13-6-8-19-9-7-13/h4-5,13,16H,6-11H2,1-3H3. The molecule has 2 heterocycles. The number of nitrogens with one attached hydrogen (secondary N) is 1. The summed E-state index contributed by atoms with van der Waals surface area (Å²) in [7, 11) is 4.10. The summed E-state index contributed by atoms with van der Waals surface area (Å²) in [6.45, 7) is 5.85. The Morgan fingerprint density at radius 3 is 2.74 bits per heavy atom. The zero-order valence-electron chi connectivity index (χ0n) is 12.3. The van der Waals surface area contributed by atoms with Crippen molar-refractivity contribution >= 4 is 5.82 Å². The van der Waals surface area contributed by atoms with Crippen molar-refractivity contribution < 1.29 is 4.74 Å². The predicted molar refractivity (Wildman–Crippen MR) is 78.6 cm³/mol. The van der Waals surface area contributed by atoms with Crippen LogP contribution < -0.4 is 10.2 Å². The van der Waals surface area contributed by atoms with Crippen LogP contribution in [0, 0.1) is 12.8 Å². The molecule has 1 N–H and O–H groups in total. The Balaban J connectivity index is 1.98. The Bertz CT molecular complexity index is 402. The fraction of sp³-hybridized carbons (Fsp3) is 0.667. The molecule has 0 radical (unpaired) electrons. The minimum absolute atomic E-state index is 0.734. The molecule has 1 fully saturated rings. The quantitative estimate of drug-likeness (QED) is 0.881. The molecule has 0 aromatic carbocycles. The van der Waals surface area contributed by atoms with Crippen LogP contribution in [-0.2, 0) is 11.3 Å². The van der Waals surface area contributed by atoms with Crippen LogP contribution in [-0.4, -0.2) is 38.8 Å². The van der Waals surface area contributed by atoms with Gasteiger partial charge in [-0.05, 0) is 44.4 Å². The summed E-state index contributed by atoms with van der Waals surface area (Å²) < 4.78 is 5.41. The number of anilines is 1. The van der Waals surface area contributed by atoms with Crippen LogP contribution in [0.2, 0.25) is 0 Å². The molecule has 0 atom stereocenters. The van der Waals surface area contributed by atoms with Crippen LogP contribution in [0.15, 0.2) is 12.1 Å². The number of nitrogens with zero attached hydrogens (tertiary/aromatic N) is 2. The number of rotatable bonds is 5. The van der Waals surface area contributed by atoms with Gasteiger partial charge in [0.25, 0.3) is 0 Å². The van der Waals surface area contributed by atoms with Gasteiger partial charge in [0.05, 0.1) is 0 Å². The molecule has 106 valence electrons. The molecule has 0 spiro atoms. The fourth-order valence-electron chi connectivity index (χ4n) is 2.58. The molecule has 1 aromatic rings. The van der Waals surface area contributed by atoms with Crippen molar-refractivity contribution in [1.82, 2.24) is 10.3 Å². The Morgan fingerprint density at radius 2 is 2.11 bits per heavy atom. The molecule has 1 aliphatic heterocycles. The lowest BCUT2D eigenvalue weighted by Gasteiger charge is -2.28. The third kappa shape index (κ3) is 3.91. The summed E-state index contributed by atoms with van der Waals surface area (Å²) in [4.78, 5) is 6.98. The maximum Gasteiger partial charge on any atom is 0.128 e. The fourth-order valence-corrected chi connectivity index (χ4v) is 2.58. The van der Waals surface area contributed by atoms with E-state index in [4.69, 9.17) is 9.72 Å². The number of pyridine rings is 1. The zero-order chi connectivity index (χ0) is 13.7. The van der Waals surface area contributed by atoms with Crippen molar-refractivity contribution in [2.45, 2.75) is 26.3 Å². The molecular formula is C15H25N3O. The first kappa shape index (κ1) is 14.3. The molecule has 0 amide bonds. The van der Waals surface area contributed by atoms with Crippen molar-refractivity contribution in [2.24, 2.45) is 5.92 Å². The van der Waals surface area contributed by atoms with Crippen LogP contribution in [0.25, 0.3) is 0 Å². The average Bonchev–Trinajstić information content (AvgIpc) is 2.42. The molecule has 4 heteroatoms. The molecule has 4 nitrogen and oxygen atoms in total. The maximum absolute atomic E-state index is 5.41. The molecule has 1 saturated heterocycles. The lowest BCUT2D eigenvalue weighted by Crippen LogP contribution is -2.30. The van der Waals surface area contributed by atoms with Crippen LogP contribution in [0.3, 0.4) is 0 Å². The van der Waals surface area contributed by atoms with Gasteiger partial charge in [0.2, 0.25) is 0 Å². The lowest BCUT2D eigenvalue weighted by molar-refractivity contribution is 0.0685. The molecule has 2 rings (SSSR count). The van der Waals surface area contributed by atoms with Crippen molar-refractivity contribution in [3.8, 4) is 0 Å². The smallest absolute Gasteiger partial charge is 0.128 e. The molecule has 0 unspecified atom stereocenters. The van der Waals surface area contributed by atoms with E-state index in [-0.39, 0.29) is 0 Å². The van der Waals surface area contributed by atoms with Crippen molar-refractivity contribution in [3.05, 3.63) is 23.4 Å². The molecule has 19 heavy (non-hydrogen) atoms. The van der Waals surface area contributed by atoms with Gasteiger partial charge in [-0.25, -0.2) is 4.98 Å². The number of hydrogen-bond donors (Lipinski definition) is 1. The van der Waals surface area contributed by atoms with Crippen LogP contribution >= 0.6 is 0 Å². The first-order valence-corrected chi connectivity index (χ1v) is 7.10. The second-order valence-electron chi connectivity index (χ2n) is 5.38. The first-order valence-electron chi connectivity index (χ1n) is 7.10. The molecule has 0 aliphatic carbocycles. The van der Waals surface area contributed by atoms with Crippen LogP contribution in [0.1, 0.15) is 24.1 Å². The minimum Gasteiger partial charge on any atom is -0.381 e. The summed E-state index contributed by atoms with van der Waals surface area (Å²) in [5, 5.41) is 3.17. The lowest BCUT2D eigenvalue weighted by atomic mass is 10.00. The molecule has 1 aliphatic rings. The third-order valence-electron chi connectivity index (χ3n) is 3.81.